The molecule has 1 saturated heterocycles. The van der Waals surface area contributed by atoms with Crippen molar-refractivity contribution in [3.8, 4) is 0 Å². The normalized spacial score (nSPS) is 17.3. The zero-order valence-corrected chi connectivity index (χ0v) is 21.6. The Labute approximate surface area is 218 Å². The molecule has 6 nitrogen and oxygen atoms in total. The molecule has 0 bridgehead atoms. The SMILES string of the molecule is Cc1cc([C@H]2[C@@H](c3ccccn3)NC(=S)N2CCCNc2ccccc2)c(C)n1Cc1cccnc1. The van der Waals surface area contributed by atoms with Gasteiger partial charge >= 0.3 is 0 Å². The fourth-order valence-corrected chi connectivity index (χ4v) is 5.40. The monoisotopic (exact) mass is 496 g/mol. The lowest BCUT2D eigenvalue weighted by Crippen LogP contribution is -2.31. The molecular weight excluding hydrogens is 464 g/mol. The van der Waals surface area contributed by atoms with E-state index in [2.05, 4.69) is 81.4 Å². The largest absolute Gasteiger partial charge is 0.385 e. The van der Waals surface area contributed by atoms with Crippen LogP contribution in [-0.4, -0.2) is 37.6 Å². The summed E-state index contributed by atoms with van der Waals surface area (Å²) in [6.07, 6.45) is 6.58. The number of aryl methyl sites for hydroxylation is 1. The second kappa shape index (κ2) is 10.9. The van der Waals surface area contributed by atoms with Gasteiger partial charge in [0.25, 0.3) is 0 Å². The molecule has 0 unspecified atom stereocenters. The first-order valence-corrected chi connectivity index (χ1v) is 12.8. The Balaban J connectivity index is 1.41. The molecule has 4 aromatic rings. The summed E-state index contributed by atoms with van der Waals surface area (Å²) in [6.45, 7) is 6.92. The predicted octanol–water partition coefficient (Wildman–Crippen LogP) is 5.42. The minimum Gasteiger partial charge on any atom is -0.385 e. The smallest absolute Gasteiger partial charge is 0.170 e. The van der Waals surface area contributed by atoms with Crippen LogP contribution in [-0.2, 0) is 6.54 Å². The highest BCUT2D eigenvalue weighted by Crippen LogP contribution is 2.41. The van der Waals surface area contributed by atoms with Crippen molar-refractivity contribution in [1.29, 1.82) is 0 Å². The molecule has 0 radical (unpaired) electrons. The number of para-hydroxylation sites is 1. The van der Waals surface area contributed by atoms with Crippen molar-refractivity contribution in [3.05, 3.63) is 114 Å². The van der Waals surface area contributed by atoms with E-state index in [0.29, 0.717) is 0 Å². The van der Waals surface area contributed by atoms with E-state index in [1.807, 2.05) is 42.9 Å². The van der Waals surface area contributed by atoms with Crippen molar-refractivity contribution < 1.29 is 0 Å². The van der Waals surface area contributed by atoms with Gasteiger partial charge in [-0.1, -0.05) is 30.3 Å². The van der Waals surface area contributed by atoms with E-state index < -0.39 is 0 Å². The van der Waals surface area contributed by atoms with Crippen molar-refractivity contribution in [2.45, 2.75) is 38.9 Å². The van der Waals surface area contributed by atoms with Crippen molar-refractivity contribution in [1.82, 2.24) is 24.8 Å². The van der Waals surface area contributed by atoms with Crippen molar-refractivity contribution in [2.24, 2.45) is 0 Å². The molecule has 4 heterocycles. The van der Waals surface area contributed by atoms with Crippen LogP contribution >= 0.6 is 12.2 Å². The van der Waals surface area contributed by atoms with Crippen LogP contribution in [0.5, 0.6) is 0 Å². The highest BCUT2D eigenvalue weighted by molar-refractivity contribution is 7.80. The molecule has 1 aliphatic heterocycles. The molecule has 1 aromatic carbocycles. The molecule has 3 aromatic heterocycles. The zero-order valence-electron chi connectivity index (χ0n) is 20.8. The van der Waals surface area contributed by atoms with Gasteiger partial charge in [-0.15, -0.1) is 0 Å². The summed E-state index contributed by atoms with van der Waals surface area (Å²) in [5.41, 5.74) is 7.11. The summed E-state index contributed by atoms with van der Waals surface area (Å²) in [5.74, 6) is 0. The first-order chi connectivity index (χ1) is 17.6. The molecule has 0 aliphatic carbocycles. The second-order valence-electron chi connectivity index (χ2n) is 9.24. The number of hydrogen-bond donors (Lipinski definition) is 2. The van der Waals surface area contributed by atoms with Gasteiger partial charge in [0.05, 0.1) is 17.8 Å². The molecule has 1 fully saturated rings. The average Bonchev–Trinajstić information content (AvgIpc) is 3.38. The highest BCUT2D eigenvalue weighted by atomic mass is 32.1. The molecule has 0 spiro atoms. The average molecular weight is 497 g/mol. The lowest BCUT2D eigenvalue weighted by atomic mass is 9.96. The van der Waals surface area contributed by atoms with E-state index in [1.165, 1.54) is 22.5 Å². The molecule has 0 amide bonds. The van der Waals surface area contributed by atoms with Gasteiger partial charge < -0.3 is 20.1 Å². The van der Waals surface area contributed by atoms with Crippen LogP contribution in [0, 0.1) is 13.8 Å². The third kappa shape index (κ3) is 5.11. The predicted molar refractivity (Wildman–Crippen MR) is 149 cm³/mol. The number of benzene rings is 1. The summed E-state index contributed by atoms with van der Waals surface area (Å²) in [7, 11) is 0. The first kappa shape index (κ1) is 24.0. The van der Waals surface area contributed by atoms with Crippen LogP contribution < -0.4 is 10.6 Å². The Morgan fingerprint density at radius 2 is 1.83 bits per heavy atom. The topological polar surface area (TPSA) is 58.0 Å². The number of nitrogens with one attached hydrogen (secondary N) is 2. The number of aromatic nitrogens is 3. The number of thiocarbonyl (C=S) groups is 1. The molecule has 7 heteroatoms. The Kier molecular flexibility index (Phi) is 7.28. The maximum Gasteiger partial charge on any atom is 0.170 e. The minimum absolute atomic E-state index is 0.00637. The minimum atomic E-state index is -0.00637. The molecule has 36 heavy (non-hydrogen) atoms. The van der Waals surface area contributed by atoms with E-state index in [4.69, 9.17) is 17.2 Å². The van der Waals surface area contributed by atoms with E-state index in [-0.39, 0.29) is 12.1 Å². The summed E-state index contributed by atoms with van der Waals surface area (Å²) in [5, 5.41) is 7.89. The summed E-state index contributed by atoms with van der Waals surface area (Å²) < 4.78 is 2.37. The first-order valence-electron chi connectivity index (χ1n) is 12.4. The Morgan fingerprint density at radius 1 is 1.00 bits per heavy atom. The van der Waals surface area contributed by atoms with Crippen LogP contribution in [0.4, 0.5) is 5.69 Å². The van der Waals surface area contributed by atoms with Crippen LogP contribution in [0.3, 0.4) is 0 Å². The molecule has 184 valence electrons. The second-order valence-corrected chi connectivity index (χ2v) is 9.63. The number of rotatable bonds is 9. The van der Waals surface area contributed by atoms with Crippen LogP contribution in [0.2, 0.25) is 0 Å². The standard InChI is InChI=1S/C29H32N6S/c1-21-18-25(22(2)35(21)20-23-10-8-14-30-19-23)28-27(26-13-6-7-15-32-26)33-29(36)34(28)17-9-16-31-24-11-4-3-5-12-24/h3-8,10-15,18-19,27-28,31H,9,16-17,20H2,1-2H3,(H,33,36)/t27-,28+/m1/s1. The third-order valence-electron chi connectivity index (χ3n) is 6.87. The molecule has 0 saturated carbocycles. The Bertz CT molecular complexity index is 1290. The van der Waals surface area contributed by atoms with Gasteiger partial charge in [-0.3, -0.25) is 9.97 Å². The third-order valence-corrected chi connectivity index (χ3v) is 7.22. The maximum atomic E-state index is 5.88. The van der Waals surface area contributed by atoms with E-state index >= 15 is 0 Å². The number of hydrogen-bond acceptors (Lipinski definition) is 4. The quantitative estimate of drug-likeness (QED) is 0.238. The fourth-order valence-electron chi connectivity index (χ4n) is 5.07. The lowest BCUT2D eigenvalue weighted by Gasteiger charge is -2.28. The summed E-state index contributed by atoms with van der Waals surface area (Å²) >= 11 is 5.88. The molecule has 2 N–H and O–H groups in total. The van der Waals surface area contributed by atoms with Crippen LogP contribution in [0.15, 0.2) is 85.3 Å². The Morgan fingerprint density at radius 3 is 2.58 bits per heavy atom. The van der Waals surface area contributed by atoms with Gasteiger partial charge in [0.1, 0.15) is 0 Å². The fraction of sp³-hybridized carbons (Fsp3) is 0.276. The van der Waals surface area contributed by atoms with Gasteiger partial charge in [-0.2, -0.15) is 0 Å². The van der Waals surface area contributed by atoms with Crippen molar-refractivity contribution in [2.75, 3.05) is 18.4 Å². The summed E-state index contributed by atoms with van der Waals surface area (Å²) in [4.78, 5) is 11.3. The van der Waals surface area contributed by atoms with E-state index in [1.54, 1.807) is 0 Å². The Hall–Kier alpha value is -3.71. The molecular formula is C29H32N6S. The maximum absolute atomic E-state index is 5.88. The zero-order chi connectivity index (χ0) is 24.9. The van der Waals surface area contributed by atoms with Gasteiger partial charge in [0.2, 0.25) is 0 Å². The lowest BCUT2D eigenvalue weighted by molar-refractivity contribution is 0.315. The van der Waals surface area contributed by atoms with E-state index in [0.717, 1.165) is 42.5 Å². The van der Waals surface area contributed by atoms with Crippen LogP contribution in [0.1, 0.15) is 46.7 Å². The highest BCUT2D eigenvalue weighted by Gasteiger charge is 2.41. The van der Waals surface area contributed by atoms with Crippen LogP contribution in [0.25, 0.3) is 0 Å². The van der Waals surface area contributed by atoms with Gasteiger partial charge in [0, 0.05) is 55.3 Å². The van der Waals surface area contributed by atoms with Crippen molar-refractivity contribution in [3.63, 3.8) is 0 Å². The van der Waals surface area contributed by atoms with Gasteiger partial charge in [-0.25, -0.2) is 0 Å². The number of nitrogens with zero attached hydrogens (tertiary/aromatic N) is 4. The number of pyridine rings is 2. The van der Waals surface area contributed by atoms with Gasteiger partial charge in [-0.05, 0) is 80.0 Å². The van der Waals surface area contributed by atoms with E-state index in [9.17, 15) is 0 Å². The molecule has 1 aliphatic rings. The molecule has 2 atom stereocenters. The number of anilines is 1. The molecule has 5 rings (SSSR count). The summed E-state index contributed by atoms with van der Waals surface area (Å²) in [6, 6.07) is 22.9. The van der Waals surface area contributed by atoms with Crippen molar-refractivity contribution >= 4 is 23.0 Å². The van der Waals surface area contributed by atoms with Gasteiger partial charge in [0.15, 0.2) is 5.11 Å².